The van der Waals surface area contributed by atoms with Gasteiger partial charge in [0.25, 0.3) is 0 Å². The van der Waals surface area contributed by atoms with Gasteiger partial charge in [0.1, 0.15) is 17.0 Å². The van der Waals surface area contributed by atoms with Crippen LogP contribution in [0, 0.1) is 5.92 Å². The van der Waals surface area contributed by atoms with Crippen molar-refractivity contribution in [2.75, 3.05) is 0 Å². The Labute approximate surface area is 177 Å². The third-order valence-corrected chi connectivity index (χ3v) is 7.09. The third-order valence-electron chi connectivity index (χ3n) is 7.09. The van der Waals surface area contributed by atoms with E-state index in [0.29, 0.717) is 12.2 Å². The number of carbonyl (C=O) groups is 1. The summed E-state index contributed by atoms with van der Waals surface area (Å²) < 4.78 is 7.23. The molecule has 148 valence electrons. The summed E-state index contributed by atoms with van der Waals surface area (Å²) in [6.45, 7) is 0. The van der Waals surface area contributed by atoms with Crippen LogP contribution in [0.15, 0.2) is 96.6 Å². The summed E-state index contributed by atoms with van der Waals surface area (Å²) in [5.74, 6) is 0.0208. The maximum absolute atomic E-state index is 13.7. The molecule has 3 aliphatic rings. The highest BCUT2D eigenvalue weighted by Crippen LogP contribution is 2.68. The van der Waals surface area contributed by atoms with Crippen molar-refractivity contribution in [2.24, 2.45) is 5.92 Å². The van der Waals surface area contributed by atoms with E-state index in [1.54, 1.807) is 0 Å². The monoisotopic (exact) mass is 392 g/mol. The lowest BCUT2D eigenvalue weighted by molar-refractivity contribution is -0.128. The van der Waals surface area contributed by atoms with Crippen LogP contribution in [0.2, 0.25) is 0 Å². The van der Waals surface area contributed by atoms with E-state index in [1.165, 1.54) is 5.56 Å². The van der Waals surface area contributed by atoms with Crippen molar-refractivity contribution in [3.63, 3.8) is 0 Å². The first-order chi connectivity index (χ1) is 14.8. The highest BCUT2D eigenvalue weighted by molar-refractivity contribution is 5.90. The van der Waals surface area contributed by atoms with E-state index in [2.05, 4.69) is 66.7 Å². The number of hydrogen-bond acceptors (Lipinski definition) is 2. The topological polar surface area (TPSA) is 26.3 Å². The van der Waals surface area contributed by atoms with E-state index >= 15 is 0 Å². The zero-order chi connectivity index (χ0) is 20.2. The van der Waals surface area contributed by atoms with E-state index in [0.717, 1.165) is 41.5 Å². The molecule has 1 aliphatic carbocycles. The number of allylic oxidation sites excluding steroid dienone is 1. The number of Topliss-reactive ketones (excluding diaryl/α,β-unsaturated/α-hetero) is 1. The van der Waals surface area contributed by atoms with Crippen LogP contribution in [0.25, 0.3) is 0 Å². The Bertz CT molecular complexity index is 1150. The smallest absolute Gasteiger partial charge is 0.143 e. The van der Waals surface area contributed by atoms with Crippen molar-refractivity contribution in [1.82, 2.24) is 0 Å². The largest absolute Gasteiger partial charge is 0.344 e. The maximum atomic E-state index is 13.7. The second kappa shape index (κ2) is 6.52. The highest BCUT2D eigenvalue weighted by atomic mass is 16.5. The molecule has 2 bridgehead atoms. The van der Waals surface area contributed by atoms with Crippen molar-refractivity contribution in [2.45, 2.75) is 36.9 Å². The molecule has 2 nitrogen and oxygen atoms in total. The van der Waals surface area contributed by atoms with Crippen molar-refractivity contribution >= 4 is 5.78 Å². The summed E-state index contributed by atoms with van der Waals surface area (Å²) in [6.07, 6.45) is 5.92. The van der Waals surface area contributed by atoms with Crippen LogP contribution in [0.5, 0.6) is 0 Å². The predicted octanol–water partition coefficient (Wildman–Crippen LogP) is 5.90. The molecule has 1 saturated heterocycles. The lowest BCUT2D eigenvalue weighted by atomic mass is 9.61. The van der Waals surface area contributed by atoms with Crippen LogP contribution in [0.1, 0.15) is 47.9 Å². The minimum absolute atomic E-state index is 0.282. The lowest BCUT2D eigenvalue weighted by Gasteiger charge is -2.37. The zero-order valence-electron chi connectivity index (χ0n) is 16.9. The first kappa shape index (κ1) is 17.9. The van der Waals surface area contributed by atoms with E-state index < -0.39 is 11.2 Å². The Balaban J connectivity index is 1.74. The van der Waals surface area contributed by atoms with Gasteiger partial charge in [-0.3, -0.25) is 4.79 Å². The third kappa shape index (κ3) is 2.15. The summed E-state index contributed by atoms with van der Waals surface area (Å²) >= 11 is 0. The van der Waals surface area contributed by atoms with Crippen LogP contribution in [0.4, 0.5) is 0 Å². The number of rotatable bonds is 2. The van der Waals surface area contributed by atoms with Crippen LogP contribution in [-0.2, 0) is 20.7 Å². The molecule has 2 aliphatic heterocycles. The van der Waals surface area contributed by atoms with E-state index in [4.69, 9.17) is 4.74 Å². The first-order valence-corrected chi connectivity index (χ1v) is 10.9. The molecule has 0 saturated carbocycles. The van der Waals surface area contributed by atoms with E-state index in [1.807, 2.05) is 24.3 Å². The minimum atomic E-state index is -0.770. The molecule has 2 heterocycles. The van der Waals surface area contributed by atoms with Crippen molar-refractivity contribution in [3.05, 3.63) is 119 Å². The molecule has 1 fully saturated rings. The van der Waals surface area contributed by atoms with Crippen molar-refractivity contribution < 1.29 is 9.53 Å². The van der Waals surface area contributed by atoms with Crippen LogP contribution >= 0.6 is 0 Å². The molecule has 0 spiro atoms. The molecule has 0 radical (unpaired) electrons. The van der Waals surface area contributed by atoms with Gasteiger partial charge in [-0.2, -0.15) is 0 Å². The number of hydrogen-bond donors (Lipinski definition) is 0. The Morgan fingerprint density at radius 1 is 0.733 bits per heavy atom. The molecule has 0 aromatic heterocycles. The zero-order valence-corrected chi connectivity index (χ0v) is 16.9. The SMILES string of the molecule is O=C1CCCC/C=C2\C1C1(c3ccccc3)OC2(c2ccccc2)c2ccccc21. The molecule has 3 aromatic rings. The average molecular weight is 392 g/mol. The van der Waals surface area contributed by atoms with Crippen LogP contribution in [-0.4, -0.2) is 5.78 Å². The van der Waals surface area contributed by atoms with Gasteiger partial charge < -0.3 is 4.74 Å². The Kier molecular flexibility index (Phi) is 3.88. The fraction of sp³-hybridized carbons (Fsp3) is 0.250. The normalized spacial score (nSPS) is 31.3. The first-order valence-electron chi connectivity index (χ1n) is 10.9. The van der Waals surface area contributed by atoms with Crippen LogP contribution in [0.3, 0.4) is 0 Å². The van der Waals surface area contributed by atoms with Gasteiger partial charge in [-0.05, 0) is 47.1 Å². The number of ether oxygens (including phenoxy) is 1. The number of benzene rings is 3. The van der Waals surface area contributed by atoms with Gasteiger partial charge in [-0.15, -0.1) is 0 Å². The lowest BCUT2D eigenvalue weighted by Crippen LogP contribution is -2.40. The maximum Gasteiger partial charge on any atom is 0.143 e. The van der Waals surface area contributed by atoms with E-state index in [9.17, 15) is 4.79 Å². The van der Waals surface area contributed by atoms with Gasteiger partial charge in [0.05, 0.1) is 5.92 Å². The van der Waals surface area contributed by atoms with Gasteiger partial charge in [0.2, 0.25) is 0 Å². The average Bonchev–Trinajstić information content (AvgIpc) is 3.27. The molecule has 0 N–H and O–H groups in total. The molecular formula is C28H24O2. The molecule has 0 amide bonds. The van der Waals surface area contributed by atoms with Gasteiger partial charge >= 0.3 is 0 Å². The van der Waals surface area contributed by atoms with Gasteiger partial charge in [-0.1, -0.05) is 91.0 Å². The van der Waals surface area contributed by atoms with Gasteiger partial charge in [0.15, 0.2) is 0 Å². The number of carbonyl (C=O) groups excluding carboxylic acids is 1. The van der Waals surface area contributed by atoms with Crippen molar-refractivity contribution in [1.29, 1.82) is 0 Å². The minimum Gasteiger partial charge on any atom is -0.344 e. The molecular weight excluding hydrogens is 368 g/mol. The predicted molar refractivity (Wildman–Crippen MR) is 117 cm³/mol. The second-order valence-corrected chi connectivity index (χ2v) is 8.60. The standard InChI is InChI=1S/C28H24O2/c29-25-19-9-3-8-18-24-26(25)28(21-14-6-2-7-15-21)23-17-11-10-16-22(23)27(24,30-28)20-12-4-1-5-13-20/h1-2,4-7,10-18,26H,3,8-9,19H2/b24-18+. The van der Waals surface area contributed by atoms with Gasteiger partial charge in [-0.25, -0.2) is 0 Å². The summed E-state index contributed by atoms with van der Waals surface area (Å²) in [4.78, 5) is 13.7. The molecule has 30 heavy (non-hydrogen) atoms. The Hall–Kier alpha value is -2.97. The van der Waals surface area contributed by atoms with Gasteiger partial charge in [0, 0.05) is 6.42 Å². The molecule has 2 heteroatoms. The van der Waals surface area contributed by atoms with Crippen molar-refractivity contribution in [3.8, 4) is 0 Å². The number of ketones is 1. The van der Waals surface area contributed by atoms with Crippen LogP contribution < -0.4 is 0 Å². The summed E-state index contributed by atoms with van der Waals surface area (Å²) in [5, 5.41) is 0. The Morgan fingerprint density at radius 2 is 1.37 bits per heavy atom. The summed E-state index contributed by atoms with van der Waals surface area (Å²) in [6, 6.07) is 29.3. The summed E-state index contributed by atoms with van der Waals surface area (Å²) in [7, 11) is 0. The van der Waals surface area contributed by atoms with E-state index in [-0.39, 0.29) is 5.92 Å². The fourth-order valence-corrected chi connectivity index (χ4v) is 5.94. The highest BCUT2D eigenvalue weighted by Gasteiger charge is 2.70. The molecule has 6 rings (SSSR count). The number of fused-ring (bicyclic) bond motifs is 8. The molecule has 3 aromatic carbocycles. The fourth-order valence-electron chi connectivity index (χ4n) is 5.94. The molecule has 3 atom stereocenters. The Morgan fingerprint density at radius 3 is 2.10 bits per heavy atom. The summed E-state index contributed by atoms with van der Waals surface area (Å²) in [5.41, 5.74) is 4.15. The quantitative estimate of drug-likeness (QED) is 0.507. The second-order valence-electron chi connectivity index (χ2n) is 8.60. The molecule has 3 unspecified atom stereocenters.